The SMILES string of the molecule is CCCc1nc2ccc(Br)cc2cc1CC. The number of benzene rings is 1. The van der Waals surface area contributed by atoms with Crippen molar-refractivity contribution in [3.8, 4) is 0 Å². The van der Waals surface area contributed by atoms with Crippen LogP contribution in [0.4, 0.5) is 0 Å². The van der Waals surface area contributed by atoms with E-state index < -0.39 is 0 Å². The molecule has 0 spiro atoms. The molecule has 0 saturated heterocycles. The highest BCUT2D eigenvalue weighted by atomic mass is 79.9. The molecule has 1 aromatic heterocycles. The van der Waals surface area contributed by atoms with Crippen molar-refractivity contribution in [2.45, 2.75) is 33.1 Å². The maximum Gasteiger partial charge on any atom is 0.0706 e. The van der Waals surface area contributed by atoms with E-state index in [1.165, 1.54) is 16.6 Å². The van der Waals surface area contributed by atoms with Gasteiger partial charge in [0.2, 0.25) is 0 Å². The van der Waals surface area contributed by atoms with E-state index in [1.54, 1.807) is 0 Å². The first kappa shape index (κ1) is 11.6. The van der Waals surface area contributed by atoms with Crippen LogP contribution in [-0.2, 0) is 12.8 Å². The lowest BCUT2D eigenvalue weighted by molar-refractivity contribution is 0.865. The molecule has 16 heavy (non-hydrogen) atoms. The van der Waals surface area contributed by atoms with E-state index in [9.17, 15) is 0 Å². The van der Waals surface area contributed by atoms with Crippen LogP contribution >= 0.6 is 15.9 Å². The third-order valence-corrected chi connectivity index (χ3v) is 3.31. The second-order valence-electron chi connectivity index (χ2n) is 4.03. The summed E-state index contributed by atoms with van der Waals surface area (Å²) in [5, 5.41) is 1.23. The van der Waals surface area contributed by atoms with Crippen LogP contribution in [-0.4, -0.2) is 4.98 Å². The Morgan fingerprint density at radius 1 is 1.19 bits per heavy atom. The molecule has 0 fully saturated rings. The van der Waals surface area contributed by atoms with E-state index >= 15 is 0 Å². The molecule has 2 heteroatoms. The van der Waals surface area contributed by atoms with Gasteiger partial charge in [-0.2, -0.15) is 0 Å². The van der Waals surface area contributed by atoms with Gasteiger partial charge in [0.1, 0.15) is 0 Å². The van der Waals surface area contributed by atoms with Crippen LogP contribution in [0.1, 0.15) is 31.5 Å². The number of rotatable bonds is 3. The molecule has 84 valence electrons. The molecule has 1 nitrogen and oxygen atoms in total. The van der Waals surface area contributed by atoms with Gasteiger partial charge in [0.15, 0.2) is 0 Å². The number of halogens is 1. The van der Waals surface area contributed by atoms with Crippen LogP contribution in [0.2, 0.25) is 0 Å². The molecule has 0 saturated carbocycles. The minimum Gasteiger partial charge on any atom is -0.253 e. The first-order chi connectivity index (χ1) is 7.74. The number of pyridine rings is 1. The zero-order valence-electron chi connectivity index (χ0n) is 9.76. The van der Waals surface area contributed by atoms with Crippen molar-refractivity contribution in [3.05, 3.63) is 40.0 Å². The summed E-state index contributed by atoms with van der Waals surface area (Å²) in [5.74, 6) is 0. The lowest BCUT2D eigenvalue weighted by Gasteiger charge is -2.08. The van der Waals surface area contributed by atoms with E-state index in [0.29, 0.717) is 0 Å². The molecule has 2 aromatic rings. The maximum atomic E-state index is 4.76. The van der Waals surface area contributed by atoms with Gasteiger partial charge in [-0.1, -0.05) is 36.2 Å². The molecule has 1 heterocycles. The van der Waals surface area contributed by atoms with Crippen molar-refractivity contribution >= 4 is 26.8 Å². The average molecular weight is 278 g/mol. The first-order valence-corrected chi connectivity index (χ1v) is 6.62. The van der Waals surface area contributed by atoms with Gasteiger partial charge in [0.05, 0.1) is 5.52 Å². The third-order valence-electron chi connectivity index (χ3n) is 2.81. The van der Waals surface area contributed by atoms with Crippen molar-refractivity contribution < 1.29 is 0 Å². The molecule has 0 N–H and O–H groups in total. The van der Waals surface area contributed by atoms with Gasteiger partial charge in [-0.15, -0.1) is 0 Å². The smallest absolute Gasteiger partial charge is 0.0706 e. The molecule has 0 atom stereocenters. The predicted octanol–water partition coefficient (Wildman–Crippen LogP) is 4.51. The topological polar surface area (TPSA) is 12.9 Å². The molecular formula is C14H16BrN. The Bertz CT molecular complexity index is 505. The fourth-order valence-corrected chi connectivity index (χ4v) is 2.37. The van der Waals surface area contributed by atoms with Crippen molar-refractivity contribution in [3.63, 3.8) is 0 Å². The highest BCUT2D eigenvalue weighted by molar-refractivity contribution is 9.10. The molecule has 0 unspecified atom stereocenters. The monoisotopic (exact) mass is 277 g/mol. The van der Waals surface area contributed by atoms with Crippen LogP contribution in [0.15, 0.2) is 28.7 Å². The summed E-state index contributed by atoms with van der Waals surface area (Å²) in [4.78, 5) is 4.76. The maximum absolute atomic E-state index is 4.76. The highest BCUT2D eigenvalue weighted by Gasteiger charge is 2.05. The number of aromatic nitrogens is 1. The number of fused-ring (bicyclic) bond motifs is 1. The van der Waals surface area contributed by atoms with Crippen LogP contribution < -0.4 is 0 Å². The van der Waals surface area contributed by atoms with E-state index in [0.717, 1.165) is 29.3 Å². The van der Waals surface area contributed by atoms with Crippen molar-refractivity contribution in [2.75, 3.05) is 0 Å². The number of nitrogens with zero attached hydrogens (tertiary/aromatic N) is 1. The molecule has 0 aliphatic rings. The number of hydrogen-bond donors (Lipinski definition) is 0. The zero-order valence-corrected chi connectivity index (χ0v) is 11.3. The van der Waals surface area contributed by atoms with Gasteiger partial charge in [0, 0.05) is 15.6 Å². The van der Waals surface area contributed by atoms with Crippen molar-refractivity contribution in [1.29, 1.82) is 0 Å². The Morgan fingerprint density at radius 2 is 2.00 bits per heavy atom. The standard InChI is InChI=1S/C14H16BrN/c1-3-5-13-10(4-2)8-11-9-12(15)6-7-14(11)16-13/h6-9H,3-5H2,1-2H3. The van der Waals surface area contributed by atoms with Crippen LogP contribution in [0.5, 0.6) is 0 Å². The number of hydrogen-bond acceptors (Lipinski definition) is 1. The molecular weight excluding hydrogens is 262 g/mol. The largest absolute Gasteiger partial charge is 0.253 e. The van der Waals surface area contributed by atoms with E-state index in [1.807, 2.05) is 0 Å². The second-order valence-corrected chi connectivity index (χ2v) is 4.95. The minimum atomic E-state index is 1.06. The average Bonchev–Trinajstić information content (AvgIpc) is 2.29. The van der Waals surface area contributed by atoms with Gasteiger partial charge < -0.3 is 0 Å². The first-order valence-electron chi connectivity index (χ1n) is 5.82. The zero-order chi connectivity index (χ0) is 11.5. The summed E-state index contributed by atoms with van der Waals surface area (Å²) in [7, 11) is 0. The summed E-state index contributed by atoms with van der Waals surface area (Å²) >= 11 is 3.50. The summed E-state index contributed by atoms with van der Waals surface area (Å²) in [6, 6.07) is 8.55. The van der Waals surface area contributed by atoms with E-state index in [2.05, 4.69) is 54.0 Å². The normalized spacial score (nSPS) is 10.9. The van der Waals surface area contributed by atoms with Crippen molar-refractivity contribution in [2.24, 2.45) is 0 Å². The Kier molecular flexibility index (Phi) is 3.59. The van der Waals surface area contributed by atoms with Gasteiger partial charge in [0.25, 0.3) is 0 Å². The Labute approximate surface area is 105 Å². The molecule has 2 rings (SSSR count). The van der Waals surface area contributed by atoms with Gasteiger partial charge >= 0.3 is 0 Å². The lowest BCUT2D eigenvalue weighted by Crippen LogP contribution is -1.97. The van der Waals surface area contributed by atoms with Gasteiger partial charge in [-0.3, -0.25) is 4.98 Å². The lowest BCUT2D eigenvalue weighted by atomic mass is 10.0. The molecule has 1 aromatic carbocycles. The summed E-state index contributed by atoms with van der Waals surface area (Å²) < 4.78 is 1.12. The Morgan fingerprint density at radius 3 is 2.69 bits per heavy atom. The van der Waals surface area contributed by atoms with E-state index in [4.69, 9.17) is 4.98 Å². The minimum absolute atomic E-state index is 1.06. The fraction of sp³-hybridized carbons (Fsp3) is 0.357. The summed E-state index contributed by atoms with van der Waals surface area (Å²) in [5.41, 5.74) is 3.75. The van der Waals surface area contributed by atoms with Crippen LogP contribution in [0, 0.1) is 0 Å². The summed E-state index contributed by atoms with van der Waals surface area (Å²) in [6.07, 6.45) is 3.29. The molecule has 0 aliphatic heterocycles. The quantitative estimate of drug-likeness (QED) is 0.804. The predicted molar refractivity (Wildman–Crippen MR) is 72.8 cm³/mol. The Balaban J connectivity index is 2.60. The second kappa shape index (κ2) is 4.96. The molecule has 0 amide bonds. The highest BCUT2D eigenvalue weighted by Crippen LogP contribution is 2.22. The van der Waals surface area contributed by atoms with Gasteiger partial charge in [-0.25, -0.2) is 0 Å². The van der Waals surface area contributed by atoms with Gasteiger partial charge in [-0.05, 0) is 42.7 Å². The van der Waals surface area contributed by atoms with E-state index in [-0.39, 0.29) is 0 Å². The number of aryl methyl sites for hydroxylation is 2. The fourth-order valence-electron chi connectivity index (χ4n) is 1.99. The van der Waals surface area contributed by atoms with Crippen molar-refractivity contribution in [1.82, 2.24) is 4.98 Å². The molecule has 0 radical (unpaired) electrons. The molecule has 0 bridgehead atoms. The Hall–Kier alpha value is -0.890. The van der Waals surface area contributed by atoms with Crippen LogP contribution in [0.3, 0.4) is 0 Å². The third kappa shape index (κ3) is 2.27. The summed E-state index contributed by atoms with van der Waals surface area (Å²) in [6.45, 7) is 4.40. The molecule has 0 aliphatic carbocycles. The van der Waals surface area contributed by atoms with Crippen LogP contribution in [0.25, 0.3) is 10.9 Å².